The number of hydrogen-bond acceptors (Lipinski definition) is 1. The van der Waals surface area contributed by atoms with Crippen LogP contribution in [-0.2, 0) is 4.29 Å². The Balaban J connectivity index is 0. The molecule has 0 unspecified atom stereocenters. The fourth-order valence-corrected chi connectivity index (χ4v) is 0.0354. The summed E-state index contributed by atoms with van der Waals surface area (Å²) in [6, 6.07) is 0. The molecule has 0 bridgehead atoms. The lowest BCUT2D eigenvalue weighted by molar-refractivity contribution is 0.583. The molecular weight excluding hydrogens is 140 g/mol. The van der Waals surface area contributed by atoms with Gasteiger partial charge in [-0.1, -0.05) is 6.42 Å². The molecule has 0 aliphatic heterocycles. The Morgan fingerprint density at radius 1 is 1.56 bits per heavy atom. The SMILES string of the molecule is C#COCl.[C-]#[N+]C[N+]#[C-]. The Kier molecular flexibility index (Phi) is 18.8. The molecule has 0 saturated carbocycles. The summed E-state index contributed by atoms with van der Waals surface area (Å²) < 4.78 is 3.54. The number of hydrogen-bond donors (Lipinski definition) is 0. The summed E-state index contributed by atoms with van der Waals surface area (Å²) in [5.74, 6) is 0. The average Bonchev–Trinajstić information content (AvgIpc) is 1.91. The highest BCUT2D eigenvalue weighted by molar-refractivity contribution is 6.08. The molecule has 0 aliphatic carbocycles. The van der Waals surface area contributed by atoms with Gasteiger partial charge in [0.1, 0.15) is 18.0 Å². The number of halogens is 1. The normalized spacial score (nSPS) is 4.22. The van der Waals surface area contributed by atoms with Crippen molar-refractivity contribution in [1.82, 2.24) is 0 Å². The maximum Gasteiger partial charge on any atom is 0.466 e. The quantitative estimate of drug-likeness (QED) is 0.371. The summed E-state index contributed by atoms with van der Waals surface area (Å²) in [5, 5.41) is 0. The van der Waals surface area contributed by atoms with Crippen LogP contribution < -0.4 is 0 Å². The molecule has 9 heavy (non-hydrogen) atoms. The molecule has 0 fully saturated rings. The third-order valence-electron chi connectivity index (χ3n) is 0.186. The maximum atomic E-state index is 6.01. The average molecular weight is 143 g/mol. The molecule has 46 valence electrons. The Morgan fingerprint density at radius 2 is 1.89 bits per heavy atom. The third-order valence-corrected chi connectivity index (χ3v) is 0.275. The van der Waals surface area contributed by atoms with Crippen molar-refractivity contribution in [2.75, 3.05) is 6.67 Å². The minimum Gasteiger partial charge on any atom is -0.333 e. The van der Waals surface area contributed by atoms with Crippen molar-refractivity contribution < 1.29 is 4.29 Å². The van der Waals surface area contributed by atoms with Gasteiger partial charge in [-0.2, -0.15) is 0 Å². The lowest BCUT2D eigenvalue weighted by atomic mass is 11.2. The van der Waals surface area contributed by atoms with Gasteiger partial charge in [-0.05, 0) is 0 Å². The summed E-state index contributed by atoms with van der Waals surface area (Å²) in [5.41, 5.74) is 0. The van der Waals surface area contributed by atoms with E-state index in [0.29, 0.717) is 0 Å². The third kappa shape index (κ3) is 53.5. The van der Waals surface area contributed by atoms with Crippen LogP contribution in [0.1, 0.15) is 0 Å². The van der Waals surface area contributed by atoms with Crippen LogP contribution in [0.15, 0.2) is 0 Å². The molecule has 0 atom stereocenters. The van der Waals surface area contributed by atoms with Crippen LogP contribution in [0.2, 0.25) is 0 Å². The Hall–Kier alpha value is -1.37. The van der Waals surface area contributed by atoms with Gasteiger partial charge in [0.2, 0.25) is 0 Å². The molecule has 0 radical (unpaired) electrons. The first-order valence-electron chi connectivity index (χ1n) is 1.73. The van der Waals surface area contributed by atoms with Crippen LogP contribution in [0.4, 0.5) is 0 Å². The predicted molar refractivity (Wildman–Crippen MR) is 33.8 cm³/mol. The topological polar surface area (TPSA) is 17.9 Å². The lowest BCUT2D eigenvalue weighted by Crippen LogP contribution is -1.48. The monoisotopic (exact) mass is 142 g/mol. The second kappa shape index (κ2) is 15.9. The largest absolute Gasteiger partial charge is 0.466 e. The van der Waals surface area contributed by atoms with E-state index in [0.717, 1.165) is 0 Å². The first-order chi connectivity index (χ1) is 4.33. The second-order valence-electron chi connectivity index (χ2n) is 0.653. The first-order valence-corrected chi connectivity index (χ1v) is 2.04. The van der Waals surface area contributed by atoms with Gasteiger partial charge in [-0.15, -0.1) is 0 Å². The zero-order valence-electron chi connectivity index (χ0n) is 4.47. The molecular formula is C5H3ClN2O. The van der Waals surface area contributed by atoms with Gasteiger partial charge in [-0.3, -0.25) is 0 Å². The highest BCUT2D eigenvalue weighted by atomic mass is 35.5. The first kappa shape index (κ1) is 10.6. The molecule has 0 saturated heterocycles. The zero-order valence-corrected chi connectivity index (χ0v) is 5.22. The minimum atomic E-state index is -0.0278. The van der Waals surface area contributed by atoms with Crippen LogP contribution in [0, 0.1) is 25.7 Å². The summed E-state index contributed by atoms with van der Waals surface area (Å²) in [6.45, 7) is 12.0. The molecule has 0 N–H and O–H groups in total. The highest BCUT2D eigenvalue weighted by Crippen LogP contribution is 1.66. The molecule has 0 aromatic rings. The van der Waals surface area contributed by atoms with Crippen molar-refractivity contribution in [1.29, 1.82) is 0 Å². The molecule has 0 spiro atoms. The van der Waals surface area contributed by atoms with Gasteiger partial charge in [0.25, 0.3) is 0 Å². The van der Waals surface area contributed by atoms with Crippen molar-refractivity contribution in [2.45, 2.75) is 0 Å². The summed E-state index contributed by atoms with van der Waals surface area (Å²) in [4.78, 5) is 5.50. The molecule has 0 aliphatic rings. The van der Waals surface area contributed by atoms with E-state index >= 15 is 0 Å². The summed E-state index contributed by atoms with van der Waals surface area (Å²) >= 11 is 4.45. The number of rotatable bonds is 0. The minimum absolute atomic E-state index is 0.0278. The summed E-state index contributed by atoms with van der Waals surface area (Å²) in [7, 11) is 0. The van der Waals surface area contributed by atoms with Crippen LogP contribution in [0.5, 0.6) is 0 Å². The Morgan fingerprint density at radius 3 is 1.89 bits per heavy atom. The van der Waals surface area contributed by atoms with Crippen molar-refractivity contribution in [3.8, 4) is 12.5 Å². The molecule has 0 rings (SSSR count). The van der Waals surface area contributed by atoms with Crippen molar-refractivity contribution in [2.24, 2.45) is 0 Å². The van der Waals surface area contributed by atoms with Gasteiger partial charge in [0.05, 0.1) is 0 Å². The lowest BCUT2D eigenvalue weighted by Gasteiger charge is -1.58. The van der Waals surface area contributed by atoms with Gasteiger partial charge < -0.3 is 4.29 Å². The summed E-state index contributed by atoms with van der Waals surface area (Å²) in [6.07, 6.45) is 6.12. The molecule has 0 amide bonds. The van der Waals surface area contributed by atoms with Crippen LogP contribution in [0.25, 0.3) is 9.69 Å². The standard InChI is InChI=1S/C3H2N2.C2HClO/c1-4-3-5-2;1-2-4-3/h3H2;1H. The van der Waals surface area contributed by atoms with E-state index in [1.54, 1.807) is 6.11 Å². The number of nitrogens with zero attached hydrogens (tertiary/aromatic N) is 2. The molecule has 3 nitrogen and oxygen atoms in total. The van der Waals surface area contributed by atoms with E-state index < -0.39 is 0 Å². The smallest absolute Gasteiger partial charge is 0.333 e. The molecule has 0 aromatic heterocycles. The van der Waals surface area contributed by atoms with Crippen LogP contribution in [-0.4, -0.2) is 6.67 Å². The fourth-order valence-electron chi connectivity index (χ4n) is 0.0354. The van der Waals surface area contributed by atoms with Crippen molar-refractivity contribution in [3.05, 3.63) is 22.8 Å². The van der Waals surface area contributed by atoms with Gasteiger partial charge in [-0.25, -0.2) is 22.8 Å². The maximum absolute atomic E-state index is 6.01. The molecule has 4 heteroatoms. The van der Waals surface area contributed by atoms with E-state index in [1.165, 1.54) is 0 Å². The van der Waals surface area contributed by atoms with E-state index in [2.05, 4.69) is 32.3 Å². The van der Waals surface area contributed by atoms with Crippen molar-refractivity contribution >= 4 is 11.9 Å². The zero-order chi connectivity index (χ0) is 7.54. The number of terminal acetylenes is 1. The second-order valence-corrected chi connectivity index (χ2v) is 0.807. The van der Waals surface area contributed by atoms with Crippen LogP contribution >= 0.6 is 11.9 Å². The predicted octanol–water partition coefficient (Wildman–Crippen LogP) is 1.53. The van der Waals surface area contributed by atoms with Gasteiger partial charge >= 0.3 is 6.67 Å². The Labute approximate surface area is 59.0 Å². The van der Waals surface area contributed by atoms with E-state index in [9.17, 15) is 0 Å². The Bertz CT molecular complexity index is 147. The van der Waals surface area contributed by atoms with Crippen molar-refractivity contribution in [3.63, 3.8) is 0 Å². The van der Waals surface area contributed by atoms with Gasteiger partial charge in [0.15, 0.2) is 0 Å². The van der Waals surface area contributed by atoms with E-state index in [-0.39, 0.29) is 6.67 Å². The van der Waals surface area contributed by atoms with Gasteiger partial charge in [0, 0.05) is 0 Å². The highest BCUT2D eigenvalue weighted by Gasteiger charge is 1.64. The van der Waals surface area contributed by atoms with E-state index in [1.807, 2.05) is 0 Å². The molecule has 0 aromatic carbocycles. The fraction of sp³-hybridized carbons (Fsp3) is 0.200. The van der Waals surface area contributed by atoms with Crippen LogP contribution in [0.3, 0.4) is 0 Å². The van der Waals surface area contributed by atoms with E-state index in [4.69, 9.17) is 13.1 Å². The molecule has 0 heterocycles.